The van der Waals surface area contributed by atoms with E-state index in [1.807, 2.05) is 11.8 Å². The monoisotopic (exact) mass is 433 g/mol. The third kappa shape index (κ3) is 4.23. The Kier molecular flexibility index (Phi) is 6.25. The van der Waals surface area contributed by atoms with Crippen molar-refractivity contribution >= 4 is 34.7 Å². The lowest BCUT2D eigenvalue weighted by molar-refractivity contribution is -0.121. The molecule has 1 fully saturated rings. The summed E-state index contributed by atoms with van der Waals surface area (Å²) in [5.41, 5.74) is 2.67. The average Bonchev–Trinajstić information content (AvgIpc) is 3.05. The number of imide groups is 1. The highest BCUT2D eigenvalue weighted by atomic mass is 16.5. The molecule has 32 heavy (non-hydrogen) atoms. The van der Waals surface area contributed by atoms with Crippen molar-refractivity contribution in [3.8, 4) is 5.75 Å². The zero-order valence-corrected chi connectivity index (χ0v) is 18.4. The number of amides is 3. The fourth-order valence-electron chi connectivity index (χ4n) is 4.21. The molecule has 0 aromatic heterocycles. The molecular formula is C25H27N3O4. The van der Waals surface area contributed by atoms with Crippen LogP contribution in [0.5, 0.6) is 5.75 Å². The quantitative estimate of drug-likeness (QED) is 0.701. The van der Waals surface area contributed by atoms with Crippen molar-refractivity contribution in [3.63, 3.8) is 0 Å². The summed E-state index contributed by atoms with van der Waals surface area (Å²) in [5, 5.41) is 2.73. The fraction of sp³-hybridized carbons (Fsp3) is 0.320. The molecular weight excluding hydrogens is 406 g/mol. The number of piperidine rings is 1. The van der Waals surface area contributed by atoms with Crippen molar-refractivity contribution in [2.45, 2.75) is 33.1 Å². The molecule has 2 aliphatic rings. The van der Waals surface area contributed by atoms with Crippen LogP contribution in [0, 0.1) is 0 Å². The number of carbonyl (C=O) groups excluding carboxylic acids is 3. The van der Waals surface area contributed by atoms with Gasteiger partial charge in [0.15, 0.2) is 0 Å². The molecule has 2 aromatic rings. The Morgan fingerprint density at radius 3 is 2.19 bits per heavy atom. The van der Waals surface area contributed by atoms with E-state index in [0.29, 0.717) is 40.6 Å². The Bertz CT molecular complexity index is 1050. The van der Waals surface area contributed by atoms with E-state index in [4.69, 9.17) is 4.74 Å². The zero-order valence-electron chi connectivity index (χ0n) is 18.4. The number of likely N-dealkylation sites (tertiary alicyclic amines) is 1. The number of carbonyl (C=O) groups is 3. The van der Waals surface area contributed by atoms with Gasteiger partial charge in [0.05, 0.1) is 17.9 Å². The normalized spacial score (nSPS) is 16.6. The van der Waals surface area contributed by atoms with Gasteiger partial charge in [0.25, 0.3) is 11.8 Å². The summed E-state index contributed by atoms with van der Waals surface area (Å²) in [6.45, 7) is 5.39. The molecule has 0 spiro atoms. The van der Waals surface area contributed by atoms with Crippen LogP contribution < -0.4 is 15.0 Å². The second kappa shape index (κ2) is 9.26. The minimum Gasteiger partial charge on any atom is -0.494 e. The van der Waals surface area contributed by atoms with E-state index in [1.54, 1.807) is 48.5 Å². The lowest BCUT2D eigenvalue weighted by Gasteiger charge is -2.29. The Morgan fingerprint density at radius 2 is 1.59 bits per heavy atom. The minimum atomic E-state index is -0.341. The van der Waals surface area contributed by atoms with Crippen molar-refractivity contribution in [1.82, 2.24) is 4.90 Å². The van der Waals surface area contributed by atoms with Gasteiger partial charge in [-0.1, -0.05) is 12.1 Å². The number of nitrogens with zero attached hydrogens (tertiary/aromatic N) is 2. The first-order valence-corrected chi connectivity index (χ1v) is 11.0. The van der Waals surface area contributed by atoms with E-state index >= 15 is 0 Å². The van der Waals surface area contributed by atoms with Crippen LogP contribution in [0.4, 0.5) is 11.4 Å². The molecule has 2 aliphatic heterocycles. The standard InChI is InChI=1S/C25H27N3O4/c1-3-32-21-13-11-20(12-14-21)28-24(30)22(18-7-9-19(10-8-18)26-17(2)29)23(25(28)31)27-15-5-4-6-16-27/h7-14H,3-6,15-16H2,1-2H3,(H,26,29). The van der Waals surface area contributed by atoms with E-state index in [1.165, 1.54) is 11.8 Å². The third-order valence-corrected chi connectivity index (χ3v) is 5.63. The van der Waals surface area contributed by atoms with Gasteiger partial charge in [0.1, 0.15) is 11.4 Å². The lowest BCUT2D eigenvalue weighted by Crippen LogP contribution is -2.37. The summed E-state index contributed by atoms with van der Waals surface area (Å²) in [6, 6.07) is 14.0. The topological polar surface area (TPSA) is 79.0 Å². The molecule has 0 radical (unpaired) electrons. The Hall–Kier alpha value is -3.61. The first-order chi connectivity index (χ1) is 15.5. The summed E-state index contributed by atoms with van der Waals surface area (Å²) >= 11 is 0. The maximum atomic E-state index is 13.6. The first-order valence-electron chi connectivity index (χ1n) is 11.0. The van der Waals surface area contributed by atoms with E-state index in [-0.39, 0.29) is 17.7 Å². The smallest absolute Gasteiger partial charge is 0.282 e. The van der Waals surface area contributed by atoms with Gasteiger partial charge in [0, 0.05) is 25.7 Å². The van der Waals surface area contributed by atoms with Gasteiger partial charge in [-0.05, 0) is 68.1 Å². The van der Waals surface area contributed by atoms with Gasteiger partial charge in [-0.2, -0.15) is 0 Å². The van der Waals surface area contributed by atoms with Crippen LogP contribution in [0.15, 0.2) is 54.2 Å². The van der Waals surface area contributed by atoms with Gasteiger partial charge >= 0.3 is 0 Å². The van der Waals surface area contributed by atoms with E-state index in [0.717, 1.165) is 32.4 Å². The minimum absolute atomic E-state index is 0.167. The van der Waals surface area contributed by atoms with E-state index in [2.05, 4.69) is 5.32 Å². The largest absolute Gasteiger partial charge is 0.494 e. The predicted octanol–water partition coefficient (Wildman–Crippen LogP) is 3.81. The number of anilines is 2. The van der Waals surface area contributed by atoms with Crippen molar-refractivity contribution in [2.75, 3.05) is 29.9 Å². The second-order valence-corrected chi connectivity index (χ2v) is 7.90. The predicted molar refractivity (Wildman–Crippen MR) is 123 cm³/mol. The number of hydrogen-bond acceptors (Lipinski definition) is 5. The Balaban J connectivity index is 1.72. The summed E-state index contributed by atoms with van der Waals surface area (Å²) in [6.07, 6.45) is 3.10. The number of benzene rings is 2. The fourth-order valence-corrected chi connectivity index (χ4v) is 4.21. The van der Waals surface area contributed by atoms with Gasteiger partial charge in [-0.3, -0.25) is 14.4 Å². The van der Waals surface area contributed by atoms with Crippen LogP contribution in [-0.2, 0) is 14.4 Å². The first kappa shape index (κ1) is 21.6. The van der Waals surface area contributed by atoms with Gasteiger partial charge < -0.3 is 15.0 Å². The molecule has 0 saturated carbocycles. The molecule has 0 unspecified atom stereocenters. The maximum absolute atomic E-state index is 13.6. The molecule has 0 bridgehead atoms. The van der Waals surface area contributed by atoms with Crippen LogP contribution in [-0.4, -0.2) is 42.3 Å². The van der Waals surface area contributed by atoms with Crippen LogP contribution >= 0.6 is 0 Å². The highest BCUT2D eigenvalue weighted by Gasteiger charge is 2.42. The molecule has 7 heteroatoms. The number of rotatable bonds is 6. The maximum Gasteiger partial charge on any atom is 0.282 e. The van der Waals surface area contributed by atoms with Crippen LogP contribution in [0.2, 0.25) is 0 Å². The van der Waals surface area contributed by atoms with Crippen molar-refractivity contribution in [1.29, 1.82) is 0 Å². The molecule has 7 nitrogen and oxygen atoms in total. The summed E-state index contributed by atoms with van der Waals surface area (Å²) in [5.74, 6) is -0.123. The molecule has 4 rings (SSSR count). The molecule has 2 aromatic carbocycles. The van der Waals surface area contributed by atoms with E-state index < -0.39 is 0 Å². The highest BCUT2D eigenvalue weighted by Crippen LogP contribution is 2.36. The summed E-state index contributed by atoms with van der Waals surface area (Å²) < 4.78 is 5.49. The molecule has 2 heterocycles. The van der Waals surface area contributed by atoms with Crippen molar-refractivity contribution in [2.24, 2.45) is 0 Å². The van der Waals surface area contributed by atoms with Crippen LogP contribution in [0.25, 0.3) is 5.57 Å². The Labute approximate surface area is 187 Å². The highest BCUT2D eigenvalue weighted by molar-refractivity contribution is 6.45. The lowest BCUT2D eigenvalue weighted by atomic mass is 10.0. The third-order valence-electron chi connectivity index (χ3n) is 5.63. The number of ether oxygens (including phenoxy) is 1. The van der Waals surface area contributed by atoms with Gasteiger partial charge in [0.2, 0.25) is 5.91 Å². The molecule has 166 valence electrons. The molecule has 0 atom stereocenters. The number of hydrogen-bond donors (Lipinski definition) is 1. The SMILES string of the molecule is CCOc1ccc(N2C(=O)C(c3ccc(NC(C)=O)cc3)=C(N3CCCCC3)C2=O)cc1. The summed E-state index contributed by atoms with van der Waals surface area (Å²) in [7, 11) is 0. The van der Waals surface area contributed by atoms with Gasteiger partial charge in [-0.15, -0.1) is 0 Å². The summed E-state index contributed by atoms with van der Waals surface area (Å²) in [4.78, 5) is 41.7. The molecule has 1 saturated heterocycles. The van der Waals surface area contributed by atoms with Crippen LogP contribution in [0.3, 0.4) is 0 Å². The van der Waals surface area contributed by atoms with E-state index in [9.17, 15) is 14.4 Å². The van der Waals surface area contributed by atoms with Crippen molar-refractivity contribution in [3.05, 3.63) is 59.8 Å². The van der Waals surface area contributed by atoms with Crippen LogP contribution in [0.1, 0.15) is 38.7 Å². The average molecular weight is 434 g/mol. The van der Waals surface area contributed by atoms with Gasteiger partial charge in [-0.25, -0.2) is 4.90 Å². The second-order valence-electron chi connectivity index (χ2n) is 7.90. The molecule has 1 N–H and O–H groups in total. The molecule has 3 amide bonds. The zero-order chi connectivity index (χ0) is 22.7. The van der Waals surface area contributed by atoms with Crippen molar-refractivity contribution < 1.29 is 19.1 Å². The number of nitrogens with one attached hydrogen (secondary N) is 1. The Morgan fingerprint density at radius 1 is 0.938 bits per heavy atom. The molecule has 0 aliphatic carbocycles.